The van der Waals surface area contributed by atoms with E-state index < -0.39 is 28.5 Å². The van der Waals surface area contributed by atoms with Crippen molar-refractivity contribution >= 4 is 27.5 Å². The van der Waals surface area contributed by atoms with E-state index in [0.29, 0.717) is 23.8 Å². The van der Waals surface area contributed by atoms with Crippen LogP contribution in [0.4, 0.5) is 5.69 Å². The van der Waals surface area contributed by atoms with Gasteiger partial charge in [-0.1, -0.05) is 26.0 Å². The summed E-state index contributed by atoms with van der Waals surface area (Å²) in [5, 5.41) is 2.85. The SMILES string of the molecule is COc1ccc(CN(C(=O)CN(c2ccc3c(c2)OCO3)S(C)(=O)=O)[C@H](C)C(=O)NCC(C)C)cc1. The molecule has 3 rings (SSSR count). The molecule has 0 unspecified atom stereocenters. The second kappa shape index (κ2) is 11.5. The predicted molar refractivity (Wildman–Crippen MR) is 136 cm³/mol. The highest BCUT2D eigenvalue weighted by Crippen LogP contribution is 2.36. The van der Waals surface area contributed by atoms with Gasteiger partial charge in [-0.3, -0.25) is 13.9 Å². The first-order chi connectivity index (χ1) is 17.0. The summed E-state index contributed by atoms with van der Waals surface area (Å²) in [7, 11) is -2.28. The van der Waals surface area contributed by atoms with Gasteiger partial charge in [-0.2, -0.15) is 0 Å². The van der Waals surface area contributed by atoms with Crippen molar-refractivity contribution in [3.63, 3.8) is 0 Å². The lowest BCUT2D eigenvalue weighted by Gasteiger charge is -2.31. The third-order valence-corrected chi connectivity index (χ3v) is 6.83. The Morgan fingerprint density at radius 2 is 1.72 bits per heavy atom. The van der Waals surface area contributed by atoms with Crippen LogP contribution in [0.25, 0.3) is 0 Å². The average molecular weight is 520 g/mol. The second-order valence-electron chi connectivity index (χ2n) is 8.99. The van der Waals surface area contributed by atoms with E-state index in [-0.39, 0.29) is 30.9 Å². The van der Waals surface area contributed by atoms with Crippen molar-refractivity contribution in [1.29, 1.82) is 0 Å². The number of rotatable bonds is 11. The van der Waals surface area contributed by atoms with Crippen LogP contribution in [0.5, 0.6) is 17.2 Å². The van der Waals surface area contributed by atoms with Gasteiger partial charge in [0.15, 0.2) is 11.5 Å². The van der Waals surface area contributed by atoms with Crippen LogP contribution in [-0.4, -0.2) is 64.4 Å². The number of hydrogen-bond donors (Lipinski definition) is 1. The molecule has 0 radical (unpaired) electrons. The molecule has 2 aromatic rings. The molecule has 0 saturated carbocycles. The van der Waals surface area contributed by atoms with E-state index in [1.165, 1.54) is 11.0 Å². The summed E-state index contributed by atoms with van der Waals surface area (Å²) in [6.07, 6.45) is 1.03. The van der Waals surface area contributed by atoms with E-state index in [2.05, 4.69) is 5.32 Å². The van der Waals surface area contributed by atoms with Gasteiger partial charge < -0.3 is 24.4 Å². The lowest BCUT2D eigenvalue weighted by molar-refractivity contribution is -0.139. The molecule has 2 aromatic carbocycles. The standard InChI is InChI=1S/C25H33N3O7S/c1-17(2)13-26-25(30)18(3)27(14-19-6-9-21(33-4)10-7-19)24(29)15-28(36(5,31)32)20-8-11-22-23(12-20)35-16-34-22/h6-12,17-18H,13-16H2,1-5H3,(H,26,30)/t18-/m1/s1. The Hall–Kier alpha value is -3.47. The highest BCUT2D eigenvalue weighted by Gasteiger charge is 2.30. The van der Waals surface area contributed by atoms with Gasteiger partial charge >= 0.3 is 0 Å². The fourth-order valence-corrected chi connectivity index (χ4v) is 4.46. The molecule has 2 amide bonds. The molecule has 1 heterocycles. The maximum Gasteiger partial charge on any atom is 0.244 e. The highest BCUT2D eigenvalue weighted by molar-refractivity contribution is 7.92. The molecule has 1 N–H and O–H groups in total. The molecule has 0 spiro atoms. The fourth-order valence-electron chi connectivity index (χ4n) is 3.62. The first kappa shape index (κ1) is 27.1. The lowest BCUT2D eigenvalue weighted by Crippen LogP contribution is -2.51. The first-order valence-electron chi connectivity index (χ1n) is 11.6. The van der Waals surface area contributed by atoms with Crippen LogP contribution in [0.15, 0.2) is 42.5 Å². The van der Waals surface area contributed by atoms with Gasteiger partial charge in [0, 0.05) is 19.2 Å². The maximum absolute atomic E-state index is 13.6. The van der Waals surface area contributed by atoms with Gasteiger partial charge in [0.2, 0.25) is 28.6 Å². The summed E-state index contributed by atoms with van der Waals surface area (Å²) in [5.41, 5.74) is 1.03. The van der Waals surface area contributed by atoms with Gasteiger partial charge in [-0.25, -0.2) is 8.42 Å². The molecule has 1 aliphatic rings. The number of sulfonamides is 1. The predicted octanol–water partition coefficient (Wildman–Crippen LogP) is 2.38. The quantitative estimate of drug-likeness (QED) is 0.485. The molecule has 11 heteroatoms. The number of carbonyl (C=O) groups is 2. The third-order valence-electron chi connectivity index (χ3n) is 5.69. The molecule has 10 nitrogen and oxygen atoms in total. The number of hydrogen-bond acceptors (Lipinski definition) is 7. The number of nitrogens with one attached hydrogen (secondary N) is 1. The molecular weight excluding hydrogens is 486 g/mol. The largest absolute Gasteiger partial charge is 0.497 e. The van der Waals surface area contributed by atoms with E-state index in [1.807, 2.05) is 13.8 Å². The monoisotopic (exact) mass is 519 g/mol. The van der Waals surface area contributed by atoms with E-state index in [1.54, 1.807) is 50.4 Å². The molecular formula is C25H33N3O7S. The molecule has 0 saturated heterocycles. The normalized spacial score (nSPS) is 13.3. The van der Waals surface area contributed by atoms with Crippen LogP contribution in [0.1, 0.15) is 26.3 Å². The van der Waals surface area contributed by atoms with Crippen molar-refractivity contribution in [2.45, 2.75) is 33.4 Å². The second-order valence-corrected chi connectivity index (χ2v) is 10.9. The molecule has 0 fully saturated rings. The highest BCUT2D eigenvalue weighted by atomic mass is 32.2. The van der Waals surface area contributed by atoms with E-state index in [9.17, 15) is 18.0 Å². The van der Waals surface area contributed by atoms with Crippen LogP contribution < -0.4 is 23.8 Å². The topological polar surface area (TPSA) is 114 Å². The number of amides is 2. The molecule has 196 valence electrons. The molecule has 0 aromatic heterocycles. The van der Waals surface area contributed by atoms with Gasteiger partial charge in [0.05, 0.1) is 19.1 Å². The van der Waals surface area contributed by atoms with Crippen molar-refractivity contribution in [3.05, 3.63) is 48.0 Å². The smallest absolute Gasteiger partial charge is 0.244 e. The average Bonchev–Trinajstić information content (AvgIpc) is 3.31. The zero-order chi connectivity index (χ0) is 26.5. The number of anilines is 1. The van der Waals surface area contributed by atoms with Gasteiger partial charge in [0.1, 0.15) is 18.3 Å². The zero-order valence-corrected chi connectivity index (χ0v) is 22.0. The van der Waals surface area contributed by atoms with Crippen LogP contribution in [0.2, 0.25) is 0 Å². The zero-order valence-electron chi connectivity index (χ0n) is 21.2. The Bertz CT molecular complexity index is 1180. The number of nitrogens with zero attached hydrogens (tertiary/aromatic N) is 2. The summed E-state index contributed by atoms with van der Waals surface area (Å²) in [4.78, 5) is 27.8. The Morgan fingerprint density at radius 3 is 2.33 bits per heavy atom. The Labute approximate surface area is 212 Å². The minimum atomic E-state index is -3.84. The molecule has 0 aliphatic carbocycles. The molecule has 36 heavy (non-hydrogen) atoms. The number of benzene rings is 2. The Morgan fingerprint density at radius 1 is 1.06 bits per heavy atom. The van der Waals surface area contributed by atoms with Crippen LogP contribution in [-0.2, 0) is 26.2 Å². The maximum atomic E-state index is 13.6. The summed E-state index contributed by atoms with van der Waals surface area (Å²) >= 11 is 0. The molecule has 0 bridgehead atoms. The summed E-state index contributed by atoms with van der Waals surface area (Å²) in [6, 6.07) is 10.9. The van der Waals surface area contributed by atoms with E-state index in [4.69, 9.17) is 14.2 Å². The third kappa shape index (κ3) is 6.81. The van der Waals surface area contributed by atoms with Gasteiger partial charge in [-0.15, -0.1) is 0 Å². The van der Waals surface area contributed by atoms with Crippen molar-refractivity contribution in [3.8, 4) is 17.2 Å². The van der Waals surface area contributed by atoms with Gasteiger partial charge in [-0.05, 0) is 42.7 Å². The van der Waals surface area contributed by atoms with E-state index >= 15 is 0 Å². The minimum absolute atomic E-state index is 0.0369. The fraction of sp³-hybridized carbons (Fsp3) is 0.440. The molecule has 1 atom stereocenters. The lowest BCUT2D eigenvalue weighted by atomic mass is 10.1. The minimum Gasteiger partial charge on any atom is -0.497 e. The van der Waals surface area contributed by atoms with Crippen LogP contribution >= 0.6 is 0 Å². The number of fused-ring (bicyclic) bond motifs is 1. The van der Waals surface area contributed by atoms with Crippen molar-refractivity contribution in [2.24, 2.45) is 5.92 Å². The van der Waals surface area contributed by atoms with E-state index in [0.717, 1.165) is 16.1 Å². The van der Waals surface area contributed by atoms with Crippen molar-refractivity contribution in [1.82, 2.24) is 10.2 Å². The van der Waals surface area contributed by atoms with Gasteiger partial charge in [0.25, 0.3) is 0 Å². The summed E-state index contributed by atoms with van der Waals surface area (Å²) in [6.45, 7) is 5.69. The van der Waals surface area contributed by atoms with Crippen molar-refractivity contribution in [2.75, 3.05) is 37.6 Å². The number of methoxy groups -OCH3 is 1. The first-order valence-corrected chi connectivity index (χ1v) is 13.4. The molecule has 1 aliphatic heterocycles. The van der Waals surface area contributed by atoms with Crippen LogP contribution in [0, 0.1) is 5.92 Å². The summed E-state index contributed by atoms with van der Waals surface area (Å²) in [5.74, 6) is 0.935. The Kier molecular flexibility index (Phi) is 8.67. The number of ether oxygens (including phenoxy) is 3. The van der Waals surface area contributed by atoms with Crippen molar-refractivity contribution < 1.29 is 32.2 Å². The number of carbonyl (C=O) groups excluding carboxylic acids is 2. The van der Waals surface area contributed by atoms with Crippen LogP contribution in [0.3, 0.4) is 0 Å². The summed E-state index contributed by atoms with van der Waals surface area (Å²) < 4.78 is 42.2. The Balaban J connectivity index is 1.89.